The maximum Gasteiger partial charge on any atom is 0.319 e. The molecule has 1 unspecified atom stereocenters. The summed E-state index contributed by atoms with van der Waals surface area (Å²) >= 11 is 1.80. The number of aryl methyl sites for hydroxylation is 1. The number of hydrogen-bond acceptors (Lipinski definition) is 4. The first-order valence-corrected chi connectivity index (χ1v) is 12.3. The van der Waals surface area contributed by atoms with E-state index >= 15 is 0 Å². The van der Waals surface area contributed by atoms with Crippen molar-refractivity contribution >= 4 is 23.5 Å². The molecule has 3 N–H and O–H groups in total. The van der Waals surface area contributed by atoms with Gasteiger partial charge in [-0.25, -0.2) is 9.68 Å². The van der Waals surface area contributed by atoms with Gasteiger partial charge in [0.2, 0.25) is 0 Å². The molecular weight excluding hydrogens is 384 g/mol. The molecule has 1 rings (SSSR count). The van der Waals surface area contributed by atoms with Crippen LogP contribution in [0.25, 0.3) is 0 Å². The van der Waals surface area contributed by atoms with Gasteiger partial charge in [-0.05, 0) is 36.8 Å². The van der Waals surface area contributed by atoms with Crippen LogP contribution >= 0.6 is 11.8 Å². The fourth-order valence-electron chi connectivity index (χ4n) is 3.21. The minimum atomic E-state index is -0.280. The Kier molecular flexibility index (Phi) is 15.7. The summed E-state index contributed by atoms with van der Waals surface area (Å²) in [6.45, 7) is 4.33. The summed E-state index contributed by atoms with van der Waals surface area (Å²) in [6.07, 6.45) is 13.4. The highest BCUT2D eigenvalue weighted by Crippen LogP contribution is 2.13. The number of unbranched alkanes of at least 4 members (excludes halogenated alkanes) is 9. The van der Waals surface area contributed by atoms with Gasteiger partial charge in [-0.1, -0.05) is 76.8 Å². The van der Waals surface area contributed by atoms with Gasteiger partial charge in [0.15, 0.2) is 0 Å². The van der Waals surface area contributed by atoms with Crippen LogP contribution in [0, 0.1) is 6.92 Å². The van der Waals surface area contributed by atoms with Gasteiger partial charge in [0.25, 0.3) is 0 Å². The fourth-order valence-corrected chi connectivity index (χ4v) is 4.25. The van der Waals surface area contributed by atoms with Crippen LogP contribution in [0.5, 0.6) is 0 Å². The van der Waals surface area contributed by atoms with E-state index in [0.717, 1.165) is 22.8 Å². The van der Waals surface area contributed by atoms with E-state index in [2.05, 4.69) is 22.4 Å². The first-order chi connectivity index (χ1) is 14.2. The molecule has 0 saturated heterocycles. The Morgan fingerprint density at radius 1 is 1.07 bits per heavy atom. The molecule has 6 heteroatoms. The molecule has 5 nitrogen and oxygen atoms in total. The monoisotopic (exact) mass is 424 g/mol. The number of benzene rings is 1. The number of hydrogen-bond donors (Lipinski definition) is 3. The van der Waals surface area contributed by atoms with E-state index in [9.17, 15) is 4.79 Å². The average molecular weight is 425 g/mol. The van der Waals surface area contributed by atoms with Gasteiger partial charge in [-0.2, -0.15) is 11.8 Å². The van der Waals surface area contributed by atoms with Crippen molar-refractivity contribution in [3.8, 4) is 0 Å². The molecule has 0 aliphatic heterocycles. The number of urea groups is 1. The zero-order valence-electron chi connectivity index (χ0n) is 18.3. The third-order valence-corrected chi connectivity index (χ3v) is 6.06. The molecule has 0 radical (unpaired) electrons. The van der Waals surface area contributed by atoms with E-state index in [1.807, 2.05) is 31.2 Å². The minimum absolute atomic E-state index is 0.0896. The Morgan fingerprint density at radius 2 is 1.72 bits per heavy atom. The molecule has 0 heterocycles. The Balaban J connectivity index is 2.08. The topological polar surface area (TPSA) is 70.6 Å². The maximum atomic E-state index is 12.2. The van der Waals surface area contributed by atoms with Crippen LogP contribution in [-0.4, -0.2) is 35.4 Å². The van der Waals surface area contributed by atoms with Crippen LogP contribution in [-0.2, 0) is 4.89 Å². The molecule has 1 atom stereocenters. The van der Waals surface area contributed by atoms with E-state index in [4.69, 9.17) is 5.26 Å². The zero-order valence-corrected chi connectivity index (χ0v) is 19.1. The molecule has 0 bridgehead atoms. The van der Waals surface area contributed by atoms with Crippen molar-refractivity contribution in [3.63, 3.8) is 0 Å². The molecule has 0 fully saturated rings. The molecule has 0 aromatic heterocycles. The number of carbonyl (C=O) groups is 1. The first-order valence-electron chi connectivity index (χ1n) is 11.1. The smallest absolute Gasteiger partial charge is 0.319 e. The van der Waals surface area contributed by atoms with Crippen LogP contribution in [0.3, 0.4) is 0 Å². The van der Waals surface area contributed by atoms with Crippen molar-refractivity contribution in [3.05, 3.63) is 29.8 Å². The van der Waals surface area contributed by atoms with Crippen molar-refractivity contribution in [2.75, 3.05) is 23.4 Å². The quantitative estimate of drug-likeness (QED) is 0.149. The Bertz CT molecular complexity index is 543. The molecule has 29 heavy (non-hydrogen) atoms. The average Bonchev–Trinajstić information content (AvgIpc) is 2.69. The summed E-state index contributed by atoms with van der Waals surface area (Å²) in [5, 5.41) is 14.5. The van der Waals surface area contributed by atoms with Gasteiger partial charge in [-0.15, -0.1) is 0 Å². The predicted octanol–water partition coefficient (Wildman–Crippen LogP) is 6.63. The van der Waals surface area contributed by atoms with Crippen molar-refractivity contribution in [1.82, 2.24) is 5.32 Å². The van der Waals surface area contributed by atoms with Crippen LogP contribution in [0.2, 0.25) is 0 Å². The van der Waals surface area contributed by atoms with E-state index in [-0.39, 0.29) is 18.7 Å². The summed E-state index contributed by atoms with van der Waals surface area (Å²) < 4.78 is 0. The van der Waals surface area contributed by atoms with Crippen molar-refractivity contribution in [1.29, 1.82) is 0 Å². The lowest BCUT2D eigenvalue weighted by Gasteiger charge is -2.17. The Morgan fingerprint density at radius 3 is 2.34 bits per heavy atom. The zero-order chi connectivity index (χ0) is 21.2. The lowest BCUT2D eigenvalue weighted by molar-refractivity contribution is -0.245. The third-order valence-electron chi connectivity index (χ3n) is 4.85. The molecule has 1 aromatic carbocycles. The highest BCUT2D eigenvalue weighted by atomic mass is 32.2. The minimum Gasteiger partial charge on any atom is -0.332 e. The number of rotatable bonds is 17. The van der Waals surface area contributed by atoms with E-state index in [0.29, 0.717) is 0 Å². The van der Waals surface area contributed by atoms with Crippen LogP contribution in [0.1, 0.15) is 76.7 Å². The summed E-state index contributed by atoms with van der Waals surface area (Å²) in [4.78, 5) is 16.4. The summed E-state index contributed by atoms with van der Waals surface area (Å²) in [5.74, 6) is 1.79. The number of nitrogens with one attached hydrogen (secondary N) is 2. The van der Waals surface area contributed by atoms with Gasteiger partial charge in [0, 0.05) is 11.4 Å². The highest BCUT2D eigenvalue weighted by molar-refractivity contribution is 7.99. The highest BCUT2D eigenvalue weighted by Gasteiger charge is 2.13. The van der Waals surface area contributed by atoms with Crippen LogP contribution in [0.4, 0.5) is 10.5 Å². The van der Waals surface area contributed by atoms with Crippen LogP contribution < -0.4 is 10.6 Å². The van der Waals surface area contributed by atoms with Gasteiger partial charge >= 0.3 is 6.03 Å². The first kappa shape index (κ1) is 25.8. The molecule has 0 aliphatic carbocycles. The second-order valence-corrected chi connectivity index (χ2v) is 8.87. The largest absolute Gasteiger partial charge is 0.332 e. The van der Waals surface area contributed by atoms with E-state index in [1.165, 1.54) is 64.2 Å². The lowest BCUT2D eigenvalue weighted by atomic mass is 10.1. The molecule has 1 aromatic rings. The normalized spacial score (nSPS) is 12.0. The summed E-state index contributed by atoms with van der Waals surface area (Å²) in [5.41, 5.74) is 1.84. The predicted molar refractivity (Wildman–Crippen MR) is 125 cm³/mol. The van der Waals surface area contributed by atoms with Crippen molar-refractivity contribution in [2.24, 2.45) is 0 Å². The van der Waals surface area contributed by atoms with Gasteiger partial charge < -0.3 is 10.6 Å². The van der Waals surface area contributed by atoms with Crippen molar-refractivity contribution < 1.29 is 14.9 Å². The standard InChI is InChI=1S/C23H40N2O3S/c1-3-4-5-6-7-8-9-10-11-12-16-29-19-22(18-28-27)25-23(26)24-21-15-13-14-20(2)17-21/h13-15,17,22,27H,3-12,16,18-19H2,1-2H3,(H2,24,25,26). The molecule has 0 aliphatic rings. The second kappa shape index (κ2) is 17.6. The number of amides is 2. The number of carbonyl (C=O) groups excluding carboxylic acids is 1. The lowest BCUT2D eigenvalue weighted by Crippen LogP contribution is -2.42. The number of anilines is 1. The fraction of sp³-hybridized carbons (Fsp3) is 0.696. The summed E-state index contributed by atoms with van der Waals surface area (Å²) in [7, 11) is 0. The van der Waals surface area contributed by atoms with Crippen molar-refractivity contribution in [2.45, 2.75) is 84.1 Å². The van der Waals surface area contributed by atoms with Crippen LogP contribution in [0.15, 0.2) is 24.3 Å². The number of thioether (sulfide) groups is 1. The van der Waals surface area contributed by atoms with Gasteiger partial charge in [0.1, 0.15) is 6.61 Å². The second-order valence-electron chi connectivity index (χ2n) is 7.72. The molecule has 166 valence electrons. The Labute approximate surface area is 181 Å². The molecule has 0 saturated carbocycles. The summed E-state index contributed by atoms with van der Waals surface area (Å²) in [6, 6.07) is 7.15. The molecule has 0 spiro atoms. The van der Waals surface area contributed by atoms with Gasteiger partial charge in [0.05, 0.1) is 6.04 Å². The maximum absolute atomic E-state index is 12.2. The Hall–Kier alpha value is -1.24. The van der Waals surface area contributed by atoms with Gasteiger partial charge in [-0.3, -0.25) is 5.26 Å². The molecule has 2 amide bonds. The van der Waals surface area contributed by atoms with E-state index < -0.39 is 0 Å². The molecular formula is C23H40N2O3S. The SMILES string of the molecule is CCCCCCCCCCCCSCC(COO)NC(=O)Nc1cccc(C)c1. The van der Waals surface area contributed by atoms with E-state index in [1.54, 1.807) is 11.8 Å². The third kappa shape index (κ3) is 14.4.